The minimum Gasteiger partial charge on any atom is -0.374 e. The van der Waals surface area contributed by atoms with Crippen LogP contribution in [0.5, 0.6) is 0 Å². The van der Waals surface area contributed by atoms with Crippen molar-refractivity contribution < 1.29 is 9.59 Å². The van der Waals surface area contributed by atoms with Gasteiger partial charge in [-0.25, -0.2) is 5.01 Å². The standard InChI is InChI=1S/C30H33N5O2S/c1-2-16-33-20-28(36)34-25(17-22-10-5-3-6-11-22)30(37)32(18-23-12-9-15-26-29(23)31-21-38-26)19-27(34)35(33)24-13-7-4-8-14-24/h3-15,25,27,31H,2,16-21H2,1H3/t25-,27-/m0/s1. The summed E-state index contributed by atoms with van der Waals surface area (Å²) >= 11 is 1.79. The van der Waals surface area contributed by atoms with E-state index in [1.165, 1.54) is 4.90 Å². The normalized spacial score (nSPS) is 21.3. The van der Waals surface area contributed by atoms with Crippen molar-refractivity contribution in [3.8, 4) is 0 Å². The third kappa shape index (κ3) is 4.63. The first-order valence-electron chi connectivity index (χ1n) is 13.4. The van der Waals surface area contributed by atoms with Gasteiger partial charge >= 0.3 is 0 Å². The fourth-order valence-electron chi connectivity index (χ4n) is 5.90. The van der Waals surface area contributed by atoms with Crippen molar-refractivity contribution in [2.24, 2.45) is 0 Å². The lowest BCUT2D eigenvalue weighted by Gasteiger charge is -2.56. The monoisotopic (exact) mass is 527 g/mol. The topological polar surface area (TPSA) is 59.1 Å². The smallest absolute Gasteiger partial charge is 0.246 e. The van der Waals surface area contributed by atoms with E-state index in [9.17, 15) is 9.59 Å². The Balaban J connectivity index is 1.40. The number of benzene rings is 3. The van der Waals surface area contributed by atoms with Crippen LogP contribution in [0.4, 0.5) is 11.4 Å². The second-order valence-corrected chi connectivity index (χ2v) is 11.0. The van der Waals surface area contributed by atoms with Gasteiger partial charge < -0.3 is 15.1 Å². The number of thioether (sulfide) groups is 1. The Morgan fingerprint density at radius 1 is 0.947 bits per heavy atom. The van der Waals surface area contributed by atoms with Crippen LogP contribution in [0, 0.1) is 0 Å². The van der Waals surface area contributed by atoms with Crippen molar-refractivity contribution in [1.82, 2.24) is 14.8 Å². The molecule has 196 valence electrons. The third-order valence-electron chi connectivity index (χ3n) is 7.55. The molecule has 1 N–H and O–H groups in total. The molecule has 0 aliphatic carbocycles. The molecule has 8 heteroatoms. The van der Waals surface area contributed by atoms with Gasteiger partial charge in [0.15, 0.2) is 0 Å². The predicted molar refractivity (Wildman–Crippen MR) is 152 cm³/mol. The Labute approximate surface area is 228 Å². The van der Waals surface area contributed by atoms with Crippen LogP contribution in [0.1, 0.15) is 24.5 Å². The number of anilines is 2. The second kappa shape index (κ2) is 10.7. The summed E-state index contributed by atoms with van der Waals surface area (Å²) in [6, 6.07) is 26.0. The SMILES string of the molecule is CCCN1CC(=O)N2[C@@H](Cc3ccccc3)C(=O)N(Cc3cccc4c3NCS4)C[C@@H]2N1c1ccccc1. The second-order valence-electron chi connectivity index (χ2n) is 10.0. The highest BCUT2D eigenvalue weighted by molar-refractivity contribution is 7.99. The molecule has 2 fully saturated rings. The maximum atomic E-state index is 14.2. The molecule has 0 bridgehead atoms. The lowest BCUT2D eigenvalue weighted by Crippen LogP contribution is -2.75. The van der Waals surface area contributed by atoms with E-state index in [1.54, 1.807) is 11.8 Å². The van der Waals surface area contributed by atoms with Crippen LogP contribution in [0.25, 0.3) is 0 Å². The molecule has 0 radical (unpaired) electrons. The molecule has 7 nitrogen and oxygen atoms in total. The Kier molecular flexibility index (Phi) is 7.00. The molecule has 2 saturated heterocycles. The van der Waals surface area contributed by atoms with Gasteiger partial charge in [0.05, 0.1) is 30.3 Å². The summed E-state index contributed by atoms with van der Waals surface area (Å²) in [4.78, 5) is 32.9. The number of nitrogens with one attached hydrogen (secondary N) is 1. The molecule has 3 aromatic carbocycles. The van der Waals surface area contributed by atoms with Crippen molar-refractivity contribution in [2.75, 3.05) is 35.8 Å². The van der Waals surface area contributed by atoms with E-state index in [1.807, 2.05) is 58.3 Å². The van der Waals surface area contributed by atoms with Crippen molar-refractivity contribution in [3.05, 3.63) is 90.0 Å². The summed E-state index contributed by atoms with van der Waals surface area (Å²) in [6.45, 7) is 4.13. The fraction of sp³-hybridized carbons (Fsp3) is 0.333. The zero-order valence-corrected chi connectivity index (χ0v) is 22.4. The van der Waals surface area contributed by atoms with Gasteiger partial charge in [-0.3, -0.25) is 14.6 Å². The van der Waals surface area contributed by atoms with E-state index in [2.05, 4.69) is 52.6 Å². The highest BCUT2D eigenvalue weighted by Crippen LogP contribution is 2.38. The molecule has 2 atom stereocenters. The number of carbonyl (C=O) groups excluding carboxylic acids is 2. The van der Waals surface area contributed by atoms with Gasteiger partial charge in [0.2, 0.25) is 11.8 Å². The minimum atomic E-state index is -0.558. The summed E-state index contributed by atoms with van der Waals surface area (Å²) in [7, 11) is 0. The van der Waals surface area contributed by atoms with Crippen molar-refractivity contribution >= 4 is 35.0 Å². The van der Waals surface area contributed by atoms with Gasteiger partial charge in [0.1, 0.15) is 12.2 Å². The number of para-hydroxylation sites is 2. The van der Waals surface area contributed by atoms with Gasteiger partial charge in [-0.2, -0.15) is 0 Å². The molecular weight excluding hydrogens is 494 g/mol. The van der Waals surface area contributed by atoms with Crippen LogP contribution in [0.3, 0.4) is 0 Å². The van der Waals surface area contributed by atoms with Crippen molar-refractivity contribution in [2.45, 2.75) is 43.4 Å². The molecule has 6 rings (SSSR count). The number of hydrogen-bond donors (Lipinski definition) is 1. The zero-order valence-electron chi connectivity index (χ0n) is 21.6. The number of hydrogen-bond acceptors (Lipinski definition) is 6. The van der Waals surface area contributed by atoms with Crippen LogP contribution < -0.4 is 10.3 Å². The minimum absolute atomic E-state index is 0.0126. The molecule has 3 aliphatic rings. The number of nitrogens with zero attached hydrogens (tertiary/aromatic N) is 4. The van der Waals surface area contributed by atoms with Crippen LogP contribution >= 0.6 is 11.8 Å². The summed E-state index contributed by atoms with van der Waals surface area (Å²) in [5.41, 5.74) is 4.33. The number of rotatable bonds is 7. The van der Waals surface area contributed by atoms with E-state index in [-0.39, 0.29) is 24.5 Å². The van der Waals surface area contributed by atoms with Crippen LogP contribution in [0.15, 0.2) is 83.8 Å². The molecule has 0 spiro atoms. The van der Waals surface area contributed by atoms with E-state index >= 15 is 0 Å². The van der Waals surface area contributed by atoms with Crippen molar-refractivity contribution in [1.29, 1.82) is 0 Å². The first-order chi connectivity index (χ1) is 18.6. The van der Waals surface area contributed by atoms with Crippen LogP contribution in [-0.4, -0.2) is 64.3 Å². The van der Waals surface area contributed by atoms with Crippen LogP contribution in [-0.2, 0) is 22.6 Å². The Bertz CT molecular complexity index is 1300. The molecule has 0 saturated carbocycles. The van der Waals surface area contributed by atoms with Gasteiger partial charge in [-0.05, 0) is 35.7 Å². The average Bonchev–Trinajstić information content (AvgIpc) is 3.42. The molecule has 0 aromatic heterocycles. The zero-order chi connectivity index (χ0) is 26.1. The highest BCUT2D eigenvalue weighted by atomic mass is 32.2. The number of hydrazine groups is 1. The molecule has 3 aromatic rings. The first-order valence-corrected chi connectivity index (χ1v) is 14.3. The Morgan fingerprint density at radius 2 is 1.71 bits per heavy atom. The number of fused-ring (bicyclic) bond motifs is 2. The third-order valence-corrected chi connectivity index (χ3v) is 8.49. The molecule has 3 heterocycles. The summed E-state index contributed by atoms with van der Waals surface area (Å²) in [6.07, 6.45) is 1.14. The molecule has 3 aliphatic heterocycles. The van der Waals surface area contributed by atoms with Crippen molar-refractivity contribution in [3.63, 3.8) is 0 Å². The Morgan fingerprint density at radius 3 is 2.47 bits per heavy atom. The van der Waals surface area contributed by atoms with Gasteiger partial charge in [-0.1, -0.05) is 67.6 Å². The van der Waals surface area contributed by atoms with E-state index in [4.69, 9.17) is 0 Å². The molecule has 38 heavy (non-hydrogen) atoms. The van der Waals surface area contributed by atoms with Crippen LogP contribution in [0.2, 0.25) is 0 Å². The first kappa shape index (κ1) is 24.8. The van der Waals surface area contributed by atoms with Gasteiger partial charge in [0.25, 0.3) is 0 Å². The van der Waals surface area contributed by atoms with Gasteiger partial charge in [-0.15, -0.1) is 11.8 Å². The largest absolute Gasteiger partial charge is 0.374 e. The highest BCUT2D eigenvalue weighted by Gasteiger charge is 2.49. The summed E-state index contributed by atoms with van der Waals surface area (Å²) < 4.78 is 0. The van der Waals surface area contributed by atoms with E-state index < -0.39 is 6.04 Å². The average molecular weight is 528 g/mol. The molecular formula is C30H33N5O2S. The van der Waals surface area contributed by atoms with Gasteiger partial charge in [0, 0.05) is 24.4 Å². The molecule has 2 amide bonds. The number of amides is 2. The lowest BCUT2D eigenvalue weighted by atomic mass is 9.98. The lowest BCUT2D eigenvalue weighted by molar-refractivity contribution is -0.163. The maximum Gasteiger partial charge on any atom is 0.246 e. The number of piperazine rings is 1. The maximum absolute atomic E-state index is 14.2. The predicted octanol–water partition coefficient (Wildman–Crippen LogP) is 4.42. The Hall–Kier alpha value is -3.49. The van der Waals surface area contributed by atoms with E-state index in [0.717, 1.165) is 41.3 Å². The van der Waals surface area contributed by atoms with E-state index in [0.29, 0.717) is 19.5 Å². The quantitative estimate of drug-likeness (QED) is 0.491. The molecule has 0 unspecified atom stereocenters. The summed E-state index contributed by atoms with van der Waals surface area (Å²) in [5, 5.41) is 7.90. The number of carbonyl (C=O) groups is 2. The fourth-order valence-corrected chi connectivity index (χ4v) is 6.79. The summed E-state index contributed by atoms with van der Waals surface area (Å²) in [5.74, 6) is 0.872.